The van der Waals surface area contributed by atoms with Crippen LogP contribution in [0.5, 0.6) is 0 Å². The summed E-state index contributed by atoms with van der Waals surface area (Å²) in [6.45, 7) is 8.98. The minimum absolute atomic E-state index is 0. The molecule has 0 saturated heterocycles. The van der Waals surface area contributed by atoms with Crippen LogP contribution in [-0.2, 0) is 25.8 Å². The summed E-state index contributed by atoms with van der Waals surface area (Å²) in [5, 5.41) is 16.1. The van der Waals surface area contributed by atoms with Gasteiger partial charge in [0.25, 0.3) is 0 Å². The number of hydrogen-bond donors (Lipinski definition) is 0. The van der Waals surface area contributed by atoms with E-state index in [4.69, 9.17) is 10.3 Å². The molecule has 0 spiro atoms. The minimum atomic E-state index is -0.267. The molecular weight excluding hydrogens is 743 g/mol. The van der Waals surface area contributed by atoms with Gasteiger partial charge in [0.2, 0.25) is 0 Å². The first-order valence-corrected chi connectivity index (χ1v) is 15.8. The second-order valence-electron chi connectivity index (χ2n) is 11.4. The van der Waals surface area contributed by atoms with Crippen LogP contribution >= 0.6 is 0 Å². The molecule has 0 aliphatic carbocycles. The van der Waals surface area contributed by atoms with E-state index in [1.165, 1.54) is 11.1 Å². The molecule has 0 fully saturated rings. The molecule has 4 aromatic carbocycles. The zero-order valence-corrected chi connectivity index (χ0v) is 33.5. The number of benzene rings is 4. The van der Waals surface area contributed by atoms with Crippen molar-refractivity contribution in [3.63, 3.8) is 0 Å². The molecule has 0 aliphatic rings. The number of rotatable bonds is 8. The molecule has 47 heavy (non-hydrogen) atoms. The van der Waals surface area contributed by atoms with Crippen molar-refractivity contribution >= 4 is 5.69 Å². The summed E-state index contributed by atoms with van der Waals surface area (Å²) in [4.78, 5) is 5.25. The molecule has 1 aromatic heterocycles. The van der Waals surface area contributed by atoms with Crippen LogP contribution in [-0.4, -0.2) is 51.8 Å². The smallest absolute Gasteiger partial charge is 0.103 e. The van der Waals surface area contributed by atoms with E-state index in [0.29, 0.717) is 11.8 Å². The summed E-state index contributed by atoms with van der Waals surface area (Å²) in [5.74, 6) is 1.63. The van der Waals surface area contributed by atoms with E-state index in [0.717, 1.165) is 34.0 Å². The first-order valence-electron chi connectivity index (χ1n) is 15.8. The maximum atomic E-state index is 5.55. The van der Waals surface area contributed by atoms with Crippen LogP contribution in [0.4, 0.5) is 5.69 Å². The van der Waals surface area contributed by atoms with Gasteiger partial charge in [-0.05, 0) is 30.0 Å². The third-order valence-electron chi connectivity index (χ3n) is 6.80. The van der Waals surface area contributed by atoms with Crippen molar-refractivity contribution in [1.29, 1.82) is 0 Å². The average Bonchev–Trinajstić information content (AvgIpc) is 3.51. The molecule has 6 nitrogen and oxygen atoms in total. The molecule has 1 atom stereocenters. The Bertz CT molecular complexity index is 1470. The molecule has 0 amide bonds. The minimum Gasteiger partial charge on any atom is -0.671 e. The molecule has 0 bridgehead atoms. The Hall–Kier alpha value is -3.36. The first-order chi connectivity index (χ1) is 22.3. The summed E-state index contributed by atoms with van der Waals surface area (Å²) >= 11 is 0. The fourth-order valence-electron chi connectivity index (χ4n) is 4.84. The van der Waals surface area contributed by atoms with Crippen molar-refractivity contribution < 1.29 is 25.8 Å². The van der Waals surface area contributed by atoms with Crippen LogP contribution in [0, 0.1) is 0 Å². The Kier molecular flexibility index (Phi) is 20.4. The summed E-state index contributed by atoms with van der Waals surface area (Å²) < 4.78 is 2.20. The number of aromatic nitrogens is 2. The largest absolute Gasteiger partial charge is 0.671 e. The number of para-hydroxylation sites is 2. The fourth-order valence-corrected chi connectivity index (χ4v) is 4.84. The Morgan fingerprint density at radius 3 is 1.43 bits per heavy atom. The van der Waals surface area contributed by atoms with Crippen LogP contribution in [0.3, 0.4) is 0 Å². The molecule has 1 unspecified atom stereocenters. The predicted octanol–water partition coefficient (Wildman–Crippen LogP) is 11.4. The summed E-state index contributed by atoms with van der Waals surface area (Å²) in [7, 11) is 10.5. The normalized spacial score (nSPS) is 10.7. The van der Waals surface area contributed by atoms with E-state index in [1.54, 1.807) is 42.3 Å². The molecule has 0 aliphatic heterocycles. The van der Waals surface area contributed by atoms with Crippen LogP contribution in [0.25, 0.3) is 38.2 Å². The van der Waals surface area contributed by atoms with Crippen molar-refractivity contribution in [2.45, 2.75) is 45.6 Å². The van der Waals surface area contributed by atoms with Crippen molar-refractivity contribution in [3.8, 4) is 16.9 Å². The summed E-state index contributed by atoms with van der Waals surface area (Å²) in [6.07, 6.45) is 2.14. The van der Waals surface area contributed by atoms with Crippen molar-refractivity contribution in [3.05, 3.63) is 159 Å². The Balaban J connectivity index is 0.000000996. The monoisotopic (exact) mass is 796 g/mol. The van der Waals surface area contributed by atoms with Crippen LogP contribution in [0.1, 0.15) is 68.1 Å². The molecule has 0 radical (unpaired) electrons. The Morgan fingerprint density at radius 2 is 0.979 bits per heavy atom. The van der Waals surface area contributed by atoms with Gasteiger partial charge in [-0.15, -0.1) is 5.69 Å². The van der Waals surface area contributed by atoms with E-state index < -0.39 is 0 Å². The van der Waals surface area contributed by atoms with Crippen LogP contribution in [0.2, 0.25) is 0 Å². The molecule has 1 heterocycles. The summed E-state index contributed by atoms with van der Waals surface area (Å²) in [6, 6.07) is 37.7. The molecule has 250 valence electrons. The number of imidazole rings is 1. The standard InChI is InChI=1S/C34H34N3.3C2H6N.Hf/c1-24(2)29-21-14-22-30(25(3)4)33(29)36-32(27-17-10-6-11-18-27)34-35-31(26-15-8-5-9-16-26)23-37(34)28-19-12-7-13-20-28;3*1-3-2;/h5-25,32H,1-4H3;3*1-2H3;/q4*-1;. The van der Waals surface area contributed by atoms with Gasteiger partial charge in [0.05, 0.1) is 5.69 Å². The Labute approximate surface area is 303 Å². The van der Waals surface area contributed by atoms with E-state index in [-0.39, 0.29) is 31.9 Å². The van der Waals surface area contributed by atoms with Crippen LogP contribution < -0.4 is 0 Å². The predicted molar refractivity (Wildman–Crippen MR) is 201 cm³/mol. The Morgan fingerprint density at radius 1 is 0.553 bits per heavy atom. The number of hydrogen-bond acceptors (Lipinski definition) is 1. The average molecular weight is 795 g/mol. The third-order valence-corrected chi connectivity index (χ3v) is 6.80. The zero-order chi connectivity index (χ0) is 33.9. The fraction of sp³-hybridized carbons (Fsp3) is 0.325. The van der Waals surface area contributed by atoms with Gasteiger partial charge in [-0.2, -0.15) is 42.3 Å². The third kappa shape index (κ3) is 12.6. The topological polar surface area (TPSA) is 74.2 Å². The second-order valence-corrected chi connectivity index (χ2v) is 11.4. The second kappa shape index (κ2) is 23.0. The van der Waals surface area contributed by atoms with Gasteiger partial charge < -0.3 is 25.8 Å². The van der Waals surface area contributed by atoms with E-state index in [1.807, 2.05) is 12.1 Å². The van der Waals surface area contributed by atoms with Gasteiger partial charge in [-0.3, -0.25) is 0 Å². The summed E-state index contributed by atoms with van der Waals surface area (Å²) in [5.41, 5.74) is 7.86. The van der Waals surface area contributed by atoms with Gasteiger partial charge in [-0.1, -0.05) is 141 Å². The van der Waals surface area contributed by atoms with Gasteiger partial charge in [0, 0.05) is 43.3 Å². The van der Waals surface area contributed by atoms with Gasteiger partial charge >= 0.3 is 0 Å². The quantitative estimate of drug-likeness (QED) is 0.144. The van der Waals surface area contributed by atoms with Crippen molar-refractivity contribution in [1.82, 2.24) is 9.55 Å². The first kappa shape index (κ1) is 41.7. The molecule has 0 N–H and O–H groups in total. The number of nitrogens with zero attached hydrogens (tertiary/aromatic N) is 6. The SMILES string of the molecule is CC(C)c1cccc(C(C)C)c1[N-]C(c1ccccc1)c1nc(-c2ccccc2)cn1-c1ccccc1.C[N-]C.C[N-]C.C[N-]C.[Hf]. The van der Waals surface area contributed by atoms with E-state index in [9.17, 15) is 0 Å². The molecule has 0 saturated carbocycles. The van der Waals surface area contributed by atoms with E-state index in [2.05, 4.69) is 151 Å². The maximum Gasteiger partial charge on any atom is 0.103 e. The van der Waals surface area contributed by atoms with Gasteiger partial charge in [-0.25, -0.2) is 4.98 Å². The molecule has 5 rings (SSSR count). The zero-order valence-electron chi connectivity index (χ0n) is 29.9. The van der Waals surface area contributed by atoms with Crippen molar-refractivity contribution in [2.24, 2.45) is 0 Å². The van der Waals surface area contributed by atoms with Crippen LogP contribution in [0.15, 0.2) is 115 Å². The maximum absolute atomic E-state index is 5.55. The van der Waals surface area contributed by atoms with Crippen molar-refractivity contribution in [2.75, 3.05) is 42.3 Å². The van der Waals surface area contributed by atoms with Gasteiger partial charge in [0.1, 0.15) is 5.82 Å². The molecule has 5 aromatic rings. The van der Waals surface area contributed by atoms with Gasteiger partial charge in [0.15, 0.2) is 0 Å². The molecular formula is C40H52HfN6-4. The molecule has 7 heteroatoms. The van der Waals surface area contributed by atoms with E-state index >= 15 is 0 Å².